The summed E-state index contributed by atoms with van der Waals surface area (Å²) >= 11 is 0. The first-order valence-electron chi connectivity index (χ1n) is 3.43. The van der Waals surface area contributed by atoms with E-state index in [2.05, 4.69) is 9.80 Å². The molecule has 9 heavy (non-hydrogen) atoms. The van der Waals surface area contributed by atoms with E-state index in [-0.39, 0.29) is 0 Å². The van der Waals surface area contributed by atoms with Crippen molar-refractivity contribution in [2.24, 2.45) is 0 Å². The Hall–Kier alpha value is -0.120. The molecule has 2 rings (SSSR count). The van der Waals surface area contributed by atoms with Gasteiger partial charge in [0.15, 0.2) is 6.35 Å². The summed E-state index contributed by atoms with van der Waals surface area (Å²) in [5.74, 6) is 0. The van der Waals surface area contributed by atoms with Gasteiger partial charge in [-0.3, -0.25) is 9.80 Å². The first-order chi connectivity index (χ1) is 4.42. The van der Waals surface area contributed by atoms with Gasteiger partial charge in [-0.15, -0.1) is 0 Å². The van der Waals surface area contributed by atoms with Gasteiger partial charge >= 0.3 is 0 Å². The van der Waals surface area contributed by atoms with Gasteiger partial charge in [0.05, 0.1) is 0 Å². The van der Waals surface area contributed by atoms with E-state index in [1.165, 1.54) is 26.2 Å². The first kappa shape index (κ1) is 5.65. The zero-order chi connectivity index (χ0) is 6.27. The molecule has 0 aromatic heterocycles. The molecule has 2 fully saturated rings. The molecule has 2 aliphatic heterocycles. The quantitative estimate of drug-likeness (QED) is 0.478. The van der Waals surface area contributed by atoms with Crippen molar-refractivity contribution >= 4 is 0 Å². The predicted molar refractivity (Wildman–Crippen MR) is 33.9 cm³/mol. The Balaban J connectivity index is 1.85. The molecule has 0 unspecified atom stereocenters. The highest BCUT2D eigenvalue weighted by Crippen LogP contribution is 2.20. The van der Waals surface area contributed by atoms with Crippen LogP contribution in [0.4, 0.5) is 0 Å². The molecule has 2 saturated heterocycles. The number of ether oxygens (including phenoxy) is 1. The number of methoxy groups -OCH3 is 1. The van der Waals surface area contributed by atoms with Gasteiger partial charge in [0, 0.05) is 33.3 Å². The largest absolute Gasteiger partial charge is 0.353 e. The second-order valence-electron chi connectivity index (χ2n) is 2.63. The fraction of sp³-hybridized carbons (Fsp3) is 1.00. The van der Waals surface area contributed by atoms with Gasteiger partial charge in [0.1, 0.15) is 0 Å². The van der Waals surface area contributed by atoms with E-state index in [1.54, 1.807) is 7.11 Å². The highest BCUT2D eigenvalue weighted by atomic mass is 16.5. The second kappa shape index (κ2) is 1.94. The van der Waals surface area contributed by atoms with Gasteiger partial charge in [-0.1, -0.05) is 0 Å². The van der Waals surface area contributed by atoms with Crippen molar-refractivity contribution in [2.75, 3.05) is 33.3 Å². The van der Waals surface area contributed by atoms with Crippen LogP contribution in [-0.4, -0.2) is 49.4 Å². The minimum Gasteiger partial charge on any atom is -0.353 e. The third-order valence-corrected chi connectivity index (χ3v) is 1.80. The zero-order valence-corrected chi connectivity index (χ0v) is 5.71. The van der Waals surface area contributed by atoms with Gasteiger partial charge < -0.3 is 4.74 Å². The minimum absolute atomic E-state index is 0.310. The fourth-order valence-electron chi connectivity index (χ4n) is 1.09. The maximum Gasteiger partial charge on any atom is 0.168 e. The molecule has 0 N–H and O–H groups in total. The summed E-state index contributed by atoms with van der Waals surface area (Å²) in [4.78, 5) is 4.62. The van der Waals surface area contributed by atoms with E-state index in [9.17, 15) is 0 Å². The van der Waals surface area contributed by atoms with E-state index in [0.29, 0.717) is 6.35 Å². The highest BCUT2D eigenvalue weighted by Gasteiger charge is 2.37. The molecule has 0 spiro atoms. The molecule has 0 aliphatic carbocycles. The molecule has 0 aromatic rings. The maximum atomic E-state index is 5.25. The summed E-state index contributed by atoms with van der Waals surface area (Å²) in [7, 11) is 1.78. The van der Waals surface area contributed by atoms with Crippen LogP contribution >= 0.6 is 0 Å². The third kappa shape index (κ3) is 1.08. The topological polar surface area (TPSA) is 15.2 Å². The van der Waals surface area contributed by atoms with Crippen LogP contribution in [0.1, 0.15) is 0 Å². The normalized spacial score (nSPS) is 27.3. The van der Waals surface area contributed by atoms with Crippen molar-refractivity contribution in [3.63, 3.8) is 0 Å². The second-order valence-corrected chi connectivity index (χ2v) is 2.63. The van der Waals surface area contributed by atoms with Crippen LogP contribution in [0.2, 0.25) is 0 Å². The number of hydrogen-bond donors (Lipinski definition) is 0. The molecule has 0 saturated carbocycles. The molecule has 52 valence electrons. The molecule has 0 atom stereocenters. The lowest BCUT2D eigenvalue weighted by Gasteiger charge is -2.16. The van der Waals surface area contributed by atoms with Crippen molar-refractivity contribution in [1.29, 1.82) is 0 Å². The van der Waals surface area contributed by atoms with Crippen LogP contribution in [0.5, 0.6) is 0 Å². The third-order valence-electron chi connectivity index (χ3n) is 1.80. The van der Waals surface area contributed by atoms with Crippen LogP contribution in [0, 0.1) is 0 Å². The minimum atomic E-state index is 0.310. The first-order valence-corrected chi connectivity index (χ1v) is 3.43. The molecule has 0 aromatic carbocycles. The Morgan fingerprint density at radius 2 is 1.56 bits per heavy atom. The monoisotopic (exact) mass is 128 g/mol. The number of rotatable bonds is 3. The van der Waals surface area contributed by atoms with Crippen LogP contribution < -0.4 is 0 Å². The van der Waals surface area contributed by atoms with Gasteiger partial charge in [-0.2, -0.15) is 0 Å². The summed E-state index contributed by atoms with van der Waals surface area (Å²) < 4.78 is 5.25. The lowest BCUT2D eigenvalue weighted by Crippen LogP contribution is -2.29. The summed E-state index contributed by atoms with van der Waals surface area (Å²) in [6.45, 7) is 4.87. The van der Waals surface area contributed by atoms with Gasteiger partial charge in [-0.05, 0) is 0 Å². The highest BCUT2D eigenvalue weighted by molar-refractivity contribution is 4.83. The molecule has 2 aliphatic rings. The molecule has 0 bridgehead atoms. The van der Waals surface area contributed by atoms with Crippen molar-refractivity contribution in [2.45, 2.75) is 6.35 Å². The van der Waals surface area contributed by atoms with Crippen LogP contribution in [-0.2, 0) is 4.74 Å². The van der Waals surface area contributed by atoms with Crippen LogP contribution in [0.25, 0.3) is 0 Å². The average Bonchev–Trinajstić information content (AvgIpc) is 2.61. The summed E-state index contributed by atoms with van der Waals surface area (Å²) in [5.41, 5.74) is 0. The van der Waals surface area contributed by atoms with Gasteiger partial charge in [0.2, 0.25) is 0 Å². The van der Waals surface area contributed by atoms with Crippen molar-refractivity contribution in [1.82, 2.24) is 9.80 Å². The molecule has 0 amide bonds. The van der Waals surface area contributed by atoms with E-state index in [4.69, 9.17) is 4.74 Å². The molecular weight excluding hydrogens is 116 g/mol. The molecule has 2 heterocycles. The Kier molecular flexibility index (Phi) is 1.22. The Morgan fingerprint density at radius 3 is 1.78 bits per heavy atom. The van der Waals surface area contributed by atoms with E-state index >= 15 is 0 Å². The predicted octanol–water partition coefficient (Wildman–Crippen LogP) is -0.452. The Bertz CT molecular complexity index is 97.6. The lowest BCUT2D eigenvalue weighted by atomic mass is 10.9. The molecule has 3 nitrogen and oxygen atoms in total. The van der Waals surface area contributed by atoms with Crippen LogP contribution in [0.15, 0.2) is 0 Å². The van der Waals surface area contributed by atoms with E-state index in [0.717, 1.165) is 0 Å². The van der Waals surface area contributed by atoms with Gasteiger partial charge in [-0.25, -0.2) is 0 Å². The molecular formula is C6H12N2O. The van der Waals surface area contributed by atoms with E-state index < -0.39 is 0 Å². The number of hydrogen-bond acceptors (Lipinski definition) is 3. The fourth-order valence-corrected chi connectivity index (χ4v) is 1.09. The van der Waals surface area contributed by atoms with Crippen molar-refractivity contribution in [3.8, 4) is 0 Å². The summed E-state index contributed by atoms with van der Waals surface area (Å²) in [6.07, 6.45) is 0.310. The Morgan fingerprint density at radius 1 is 1.11 bits per heavy atom. The van der Waals surface area contributed by atoms with Crippen LogP contribution in [0.3, 0.4) is 0 Å². The zero-order valence-electron chi connectivity index (χ0n) is 5.71. The lowest BCUT2D eigenvalue weighted by molar-refractivity contribution is -0.0421. The SMILES string of the molecule is COC(N1CC1)N1CC1. The summed E-state index contributed by atoms with van der Waals surface area (Å²) in [5, 5.41) is 0. The Labute approximate surface area is 55.2 Å². The smallest absolute Gasteiger partial charge is 0.168 e. The summed E-state index contributed by atoms with van der Waals surface area (Å²) in [6, 6.07) is 0. The molecule has 0 radical (unpaired) electrons. The average molecular weight is 128 g/mol. The molecule has 3 heteroatoms. The van der Waals surface area contributed by atoms with Gasteiger partial charge in [0.25, 0.3) is 0 Å². The van der Waals surface area contributed by atoms with Crippen molar-refractivity contribution in [3.05, 3.63) is 0 Å². The number of nitrogens with zero attached hydrogens (tertiary/aromatic N) is 2. The van der Waals surface area contributed by atoms with E-state index in [1.807, 2.05) is 0 Å². The maximum absolute atomic E-state index is 5.25. The van der Waals surface area contributed by atoms with Crippen molar-refractivity contribution < 1.29 is 4.74 Å². The standard InChI is InChI=1S/C6H12N2O/c1-9-6(7-2-3-7)8-4-5-8/h6H,2-5H2,1H3.